The van der Waals surface area contributed by atoms with E-state index in [9.17, 15) is 0 Å². The molecule has 0 radical (unpaired) electrons. The zero-order chi connectivity index (χ0) is 13.1. The van der Waals surface area contributed by atoms with Crippen LogP contribution in [0.1, 0.15) is 40.5 Å². The third-order valence-electron chi connectivity index (χ3n) is 3.75. The molecule has 17 heavy (non-hydrogen) atoms. The van der Waals surface area contributed by atoms with E-state index < -0.39 is 0 Å². The lowest BCUT2D eigenvalue weighted by atomic mass is 9.81. The zero-order valence-corrected chi connectivity index (χ0v) is 12.2. The standard InChI is InChI=1S/C14H30N2O/c1-11(15)13(14(2,3)4)16(5)10-12-6-8-17-9-7-12/h11-13H,6-10,15H2,1-5H3. The third kappa shape index (κ3) is 4.57. The van der Waals surface area contributed by atoms with Gasteiger partial charge in [-0.05, 0) is 38.1 Å². The van der Waals surface area contributed by atoms with Crippen molar-refractivity contribution in [2.24, 2.45) is 17.1 Å². The molecule has 0 saturated carbocycles. The van der Waals surface area contributed by atoms with E-state index in [0.29, 0.717) is 6.04 Å². The summed E-state index contributed by atoms with van der Waals surface area (Å²) in [5, 5.41) is 0. The van der Waals surface area contributed by atoms with Crippen molar-refractivity contribution in [2.45, 2.75) is 52.6 Å². The zero-order valence-electron chi connectivity index (χ0n) is 12.2. The number of ether oxygens (including phenoxy) is 1. The molecule has 0 aromatic heterocycles. The molecule has 3 nitrogen and oxygen atoms in total. The summed E-state index contributed by atoms with van der Waals surface area (Å²) in [5.74, 6) is 0.775. The largest absolute Gasteiger partial charge is 0.381 e. The first kappa shape index (κ1) is 14.9. The van der Waals surface area contributed by atoms with Crippen molar-refractivity contribution in [3.05, 3.63) is 0 Å². The van der Waals surface area contributed by atoms with Crippen LogP contribution in [0.5, 0.6) is 0 Å². The Kier molecular flexibility index (Phi) is 5.42. The van der Waals surface area contributed by atoms with Crippen LogP contribution in [0.15, 0.2) is 0 Å². The average molecular weight is 242 g/mol. The Hall–Kier alpha value is -0.120. The molecular formula is C14H30N2O. The molecule has 0 aliphatic carbocycles. The van der Waals surface area contributed by atoms with Crippen molar-refractivity contribution >= 4 is 0 Å². The van der Waals surface area contributed by atoms with Crippen LogP contribution in [-0.4, -0.2) is 43.8 Å². The Morgan fingerprint density at radius 1 is 1.29 bits per heavy atom. The summed E-state index contributed by atoms with van der Waals surface area (Å²) in [6.07, 6.45) is 2.39. The van der Waals surface area contributed by atoms with Crippen molar-refractivity contribution in [3.63, 3.8) is 0 Å². The smallest absolute Gasteiger partial charge is 0.0469 e. The summed E-state index contributed by atoms with van der Waals surface area (Å²) in [4.78, 5) is 2.46. The van der Waals surface area contributed by atoms with E-state index in [1.165, 1.54) is 12.8 Å². The van der Waals surface area contributed by atoms with Gasteiger partial charge in [0.05, 0.1) is 0 Å². The van der Waals surface area contributed by atoms with Crippen LogP contribution in [0, 0.1) is 11.3 Å². The van der Waals surface area contributed by atoms with Gasteiger partial charge in [-0.3, -0.25) is 0 Å². The Labute approximate surface area is 107 Å². The fourth-order valence-electron chi connectivity index (χ4n) is 3.30. The van der Waals surface area contributed by atoms with E-state index in [1.54, 1.807) is 0 Å². The molecule has 102 valence electrons. The highest BCUT2D eigenvalue weighted by atomic mass is 16.5. The van der Waals surface area contributed by atoms with Crippen molar-refractivity contribution in [1.82, 2.24) is 4.90 Å². The first-order chi connectivity index (χ1) is 7.82. The van der Waals surface area contributed by atoms with Gasteiger partial charge in [0.2, 0.25) is 0 Å². The summed E-state index contributed by atoms with van der Waals surface area (Å²) in [7, 11) is 2.22. The van der Waals surface area contributed by atoms with Crippen LogP contribution in [-0.2, 0) is 4.74 Å². The predicted octanol–water partition coefficient (Wildman–Crippen LogP) is 2.11. The highest BCUT2D eigenvalue weighted by molar-refractivity contribution is 4.88. The molecular weight excluding hydrogens is 212 g/mol. The van der Waals surface area contributed by atoms with Gasteiger partial charge in [0.25, 0.3) is 0 Å². The molecule has 1 saturated heterocycles. The minimum absolute atomic E-state index is 0.208. The van der Waals surface area contributed by atoms with Gasteiger partial charge in [0.15, 0.2) is 0 Å². The SMILES string of the molecule is CC(N)C(N(C)CC1CCOCC1)C(C)(C)C. The molecule has 1 aliphatic rings. The van der Waals surface area contributed by atoms with E-state index in [2.05, 4.69) is 39.6 Å². The van der Waals surface area contributed by atoms with Crippen LogP contribution in [0.2, 0.25) is 0 Å². The first-order valence-electron chi connectivity index (χ1n) is 6.86. The highest BCUT2D eigenvalue weighted by Gasteiger charge is 2.32. The van der Waals surface area contributed by atoms with Gasteiger partial charge >= 0.3 is 0 Å². The molecule has 3 heteroatoms. The number of rotatable bonds is 4. The second-order valence-corrected chi connectivity index (χ2v) is 6.67. The Bertz CT molecular complexity index is 217. The van der Waals surface area contributed by atoms with Crippen molar-refractivity contribution < 1.29 is 4.74 Å². The van der Waals surface area contributed by atoms with Crippen LogP contribution < -0.4 is 5.73 Å². The van der Waals surface area contributed by atoms with Gasteiger partial charge in [-0.25, -0.2) is 0 Å². The first-order valence-corrected chi connectivity index (χ1v) is 6.86. The Balaban J connectivity index is 2.55. The molecule has 1 rings (SSSR count). The summed E-state index contributed by atoms with van der Waals surface area (Å²) in [5.41, 5.74) is 6.39. The summed E-state index contributed by atoms with van der Waals surface area (Å²) < 4.78 is 5.41. The average Bonchev–Trinajstić information content (AvgIpc) is 2.15. The van der Waals surface area contributed by atoms with Crippen molar-refractivity contribution in [2.75, 3.05) is 26.8 Å². The molecule has 0 bridgehead atoms. The molecule has 1 heterocycles. The van der Waals surface area contributed by atoms with E-state index in [4.69, 9.17) is 10.5 Å². The maximum atomic E-state index is 6.16. The van der Waals surface area contributed by atoms with Crippen molar-refractivity contribution in [3.8, 4) is 0 Å². The molecule has 0 spiro atoms. The summed E-state index contributed by atoms with van der Waals surface area (Å²) >= 11 is 0. The van der Waals surface area contributed by atoms with Crippen molar-refractivity contribution in [1.29, 1.82) is 0 Å². The van der Waals surface area contributed by atoms with Gasteiger partial charge in [0, 0.05) is 31.8 Å². The maximum Gasteiger partial charge on any atom is 0.0469 e. The van der Waals surface area contributed by atoms with Crippen LogP contribution in [0.4, 0.5) is 0 Å². The van der Waals surface area contributed by atoms with E-state index in [-0.39, 0.29) is 11.5 Å². The number of nitrogens with two attached hydrogens (primary N) is 1. The highest BCUT2D eigenvalue weighted by Crippen LogP contribution is 2.27. The minimum Gasteiger partial charge on any atom is -0.381 e. The quantitative estimate of drug-likeness (QED) is 0.820. The second-order valence-electron chi connectivity index (χ2n) is 6.67. The topological polar surface area (TPSA) is 38.5 Å². The lowest BCUT2D eigenvalue weighted by molar-refractivity contribution is 0.0337. The molecule has 1 fully saturated rings. The normalized spacial score (nSPS) is 22.8. The van der Waals surface area contributed by atoms with Crippen LogP contribution in [0.25, 0.3) is 0 Å². The molecule has 0 aromatic rings. The number of hydrogen-bond acceptors (Lipinski definition) is 3. The Morgan fingerprint density at radius 2 is 1.82 bits per heavy atom. The maximum absolute atomic E-state index is 6.16. The molecule has 1 aliphatic heterocycles. The fourth-order valence-corrected chi connectivity index (χ4v) is 3.30. The van der Waals surface area contributed by atoms with E-state index in [0.717, 1.165) is 25.7 Å². The summed E-state index contributed by atoms with van der Waals surface area (Å²) in [6.45, 7) is 12.0. The lowest BCUT2D eigenvalue weighted by Gasteiger charge is -2.42. The fraction of sp³-hybridized carbons (Fsp3) is 1.00. The predicted molar refractivity (Wildman–Crippen MR) is 73.1 cm³/mol. The molecule has 0 aromatic carbocycles. The minimum atomic E-state index is 0.208. The van der Waals surface area contributed by atoms with Gasteiger partial charge in [-0.2, -0.15) is 0 Å². The van der Waals surface area contributed by atoms with Crippen LogP contribution >= 0.6 is 0 Å². The molecule has 0 amide bonds. The Morgan fingerprint density at radius 3 is 2.24 bits per heavy atom. The monoisotopic (exact) mass is 242 g/mol. The lowest BCUT2D eigenvalue weighted by Crippen LogP contribution is -2.53. The van der Waals surface area contributed by atoms with E-state index >= 15 is 0 Å². The van der Waals surface area contributed by atoms with Crippen LogP contribution in [0.3, 0.4) is 0 Å². The number of likely N-dealkylation sites (N-methyl/N-ethyl adjacent to an activating group) is 1. The van der Waals surface area contributed by atoms with Gasteiger partial charge < -0.3 is 15.4 Å². The number of hydrogen-bond donors (Lipinski definition) is 1. The molecule has 2 N–H and O–H groups in total. The van der Waals surface area contributed by atoms with E-state index in [1.807, 2.05) is 0 Å². The van der Waals surface area contributed by atoms with Gasteiger partial charge in [-0.1, -0.05) is 20.8 Å². The van der Waals surface area contributed by atoms with Gasteiger partial charge in [-0.15, -0.1) is 0 Å². The molecule has 2 atom stereocenters. The second kappa shape index (κ2) is 6.17. The van der Waals surface area contributed by atoms with Gasteiger partial charge in [0.1, 0.15) is 0 Å². The third-order valence-corrected chi connectivity index (χ3v) is 3.75. The number of nitrogens with zero attached hydrogens (tertiary/aromatic N) is 1. The summed E-state index contributed by atoms with van der Waals surface area (Å²) in [6, 6.07) is 0.644. The molecule has 2 unspecified atom stereocenters.